The zero-order valence-corrected chi connectivity index (χ0v) is 18.8. The first kappa shape index (κ1) is 21.8. The number of carboxylic acids is 1. The molecule has 34 heavy (non-hydrogen) atoms. The molecule has 174 valence electrons. The third-order valence-corrected chi connectivity index (χ3v) is 7.31. The molecule has 1 saturated heterocycles. The predicted octanol–water partition coefficient (Wildman–Crippen LogP) is -2.06. The quantitative estimate of drug-likeness (QED) is 0.113. The van der Waals surface area contributed by atoms with Gasteiger partial charge in [-0.3, -0.25) is 14.5 Å². The molecule has 13 nitrogen and oxygen atoms in total. The van der Waals surface area contributed by atoms with E-state index in [0.717, 1.165) is 22.1 Å². The number of carbonyl (C=O) groups excluding carboxylic acids is 3. The number of nitrogens with two attached hydrogens (primary N) is 1. The number of anilines is 1. The van der Waals surface area contributed by atoms with E-state index in [1.54, 1.807) is 0 Å². The first-order valence-corrected chi connectivity index (χ1v) is 11.7. The van der Waals surface area contributed by atoms with E-state index in [2.05, 4.69) is 19.8 Å². The molecule has 5 heterocycles. The topological polar surface area (TPSA) is 182 Å². The summed E-state index contributed by atoms with van der Waals surface area (Å²) < 4.78 is 7.58. The van der Waals surface area contributed by atoms with Crippen LogP contribution in [0.25, 0.3) is 5.65 Å². The van der Waals surface area contributed by atoms with Gasteiger partial charge in [-0.15, -0.1) is 11.8 Å². The van der Waals surface area contributed by atoms with Crippen molar-refractivity contribution in [3.63, 3.8) is 0 Å². The molecular weight excluding hydrogens is 484 g/mol. The van der Waals surface area contributed by atoms with Crippen LogP contribution in [0.15, 0.2) is 53.2 Å². The number of fused-ring (bicyclic) bond motifs is 2. The number of aromatic nitrogens is 4. The molecule has 2 atom stereocenters. The molecule has 0 aliphatic carbocycles. The number of nitrogens with one attached hydrogen (secondary N) is 1. The summed E-state index contributed by atoms with van der Waals surface area (Å²) in [5.74, 6) is -2.84. The number of oxime groups is 1. The lowest BCUT2D eigenvalue weighted by Gasteiger charge is -2.50. The van der Waals surface area contributed by atoms with E-state index in [9.17, 15) is 24.7 Å². The van der Waals surface area contributed by atoms with Gasteiger partial charge >= 0.3 is 0 Å². The number of nitrogens with zero attached hydrogens (tertiary/aromatic N) is 6. The van der Waals surface area contributed by atoms with E-state index in [1.807, 2.05) is 45.8 Å². The molecule has 0 aromatic carbocycles. The maximum Gasteiger partial charge on any atom is 0.286 e. The van der Waals surface area contributed by atoms with Crippen molar-refractivity contribution in [3.8, 4) is 0 Å². The van der Waals surface area contributed by atoms with E-state index >= 15 is 0 Å². The molecule has 0 bridgehead atoms. The summed E-state index contributed by atoms with van der Waals surface area (Å²) in [6.07, 6.45) is 5.54. The summed E-state index contributed by atoms with van der Waals surface area (Å²) in [7, 11) is 0. The highest BCUT2D eigenvalue weighted by Crippen LogP contribution is 2.40. The van der Waals surface area contributed by atoms with Crippen molar-refractivity contribution in [3.05, 3.63) is 53.9 Å². The Kier molecular flexibility index (Phi) is 5.41. The van der Waals surface area contributed by atoms with E-state index in [4.69, 9.17) is 5.73 Å². The molecule has 2 aliphatic rings. The molecule has 3 aromatic rings. The fourth-order valence-electron chi connectivity index (χ4n) is 3.91. The molecule has 4 N–H and O–H groups in total. The zero-order chi connectivity index (χ0) is 24.0. The van der Waals surface area contributed by atoms with E-state index < -0.39 is 34.9 Å². The molecule has 3 aromatic heterocycles. The van der Waals surface area contributed by atoms with Gasteiger partial charge in [0.25, 0.3) is 17.5 Å². The van der Waals surface area contributed by atoms with Crippen LogP contribution < -0.4 is 20.7 Å². The van der Waals surface area contributed by atoms with Gasteiger partial charge in [-0.25, -0.2) is 8.97 Å². The Bertz CT molecular complexity index is 1400. The SMILES string of the molecule is Nc1nc(/C(=N\O)C(=O)N[C@@H]2C(=O)N3C(C(=O)[O-])=C(C[n+]4ccn5ccccc54)CS[C@H]23)ns1. The van der Waals surface area contributed by atoms with Gasteiger partial charge in [-0.1, -0.05) is 11.2 Å². The minimum Gasteiger partial charge on any atom is -0.543 e. The van der Waals surface area contributed by atoms with Crippen molar-refractivity contribution in [1.82, 2.24) is 24.0 Å². The van der Waals surface area contributed by atoms with Crippen molar-refractivity contribution in [2.45, 2.75) is 18.0 Å². The van der Waals surface area contributed by atoms with Crippen LogP contribution in [0.1, 0.15) is 5.82 Å². The maximum atomic E-state index is 12.9. The monoisotopic (exact) mass is 500 g/mol. The van der Waals surface area contributed by atoms with E-state index in [-0.39, 0.29) is 23.2 Å². The zero-order valence-electron chi connectivity index (χ0n) is 17.2. The van der Waals surface area contributed by atoms with Crippen molar-refractivity contribution < 1.29 is 29.3 Å². The van der Waals surface area contributed by atoms with E-state index in [0.29, 0.717) is 11.3 Å². The number of rotatable bonds is 6. The third kappa shape index (κ3) is 3.54. The van der Waals surface area contributed by atoms with Gasteiger partial charge in [0.05, 0.1) is 17.9 Å². The number of amides is 2. The van der Waals surface area contributed by atoms with Crippen LogP contribution >= 0.6 is 23.3 Å². The highest BCUT2D eigenvalue weighted by molar-refractivity contribution is 8.00. The molecular formula is C19H16N8O5S2. The molecule has 2 amide bonds. The second kappa shape index (κ2) is 8.42. The molecule has 0 spiro atoms. The second-order valence-corrected chi connectivity index (χ2v) is 9.29. The third-order valence-electron chi connectivity index (χ3n) is 5.43. The Morgan fingerprint density at radius 3 is 2.91 bits per heavy atom. The Morgan fingerprint density at radius 1 is 1.38 bits per heavy atom. The van der Waals surface area contributed by atoms with Crippen LogP contribution in [0.3, 0.4) is 0 Å². The number of β-lactam (4-membered cyclic amide) rings is 1. The van der Waals surface area contributed by atoms with Crippen molar-refractivity contribution in [2.75, 3.05) is 11.5 Å². The van der Waals surface area contributed by atoms with Gasteiger partial charge in [0.1, 0.15) is 30.4 Å². The number of hydrogen-bond acceptors (Lipinski definition) is 11. The lowest BCUT2D eigenvalue weighted by Crippen LogP contribution is -2.71. The largest absolute Gasteiger partial charge is 0.543 e. The average Bonchev–Trinajstić information content (AvgIpc) is 3.44. The normalized spacial score (nSPS) is 20.3. The lowest BCUT2D eigenvalue weighted by atomic mass is 10.0. The van der Waals surface area contributed by atoms with Crippen LogP contribution in [0, 0.1) is 0 Å². The highest BCUT2D eigenvalue weighted by Gasteiger charge is 2.53. The van der Waals surface area contributed by atoms with Crippen molar-refractivity contribution in [2.24, 2.45) is 5.16 Å². The summed E-state index contributed by atoms with van der Waals surface area (Å²) >= 11 is 2.12. The average molecular weight is 501 g/mol. The van der Waals surface area contributed by atoms with Gasteiger partial charge in [0, 0.05) is 28.9 Å². The molecule has 5 rings (SSSR count). The fraction of sp³-hybridized carbons (Fsp3) is 0.211. The number of carboxylic acid groups (broad SMARTS) is 1. The van der Waals surface area contributed by atoms with Crippen LogP contribution in [-0.2, 0) is 20.9 Å². The number of nitrogen functional groups attached to an aromatic ring is 1. The molecule has 0 unspecified atom stereocenters. The Hall–Kier alpha value is -3.98. The Labute approximate surface area is 199 Å². The number of aliphatic carboxylic acids is 1. The van der Waals surface area contributed by atoms with Gasteiger partial charge in [0.2, 0.25) is 11.5 Å². The molecule has 1 fully saturated rings. The molecule has 0 radical (unpaired) electrons. The lowest BCUT2D eigenvalue weighted by molar-refractivity contribution is -0.662. The first-order valence-electron chi connectivity index (χ1n) is 9.84. The van der Waals surface area contributed by atoms with Gasteiger partial charge in [0.15, 0.2) is 5.13 Å². The second-order valence-electron chi connectivity index (χ2n) is 7.40. The minimum atomic E-state index is -1.47. The summed E-state index contributed by atoms with van der Waals surface area (Å²) in [5, 5.41) is 26.0. The number of thioether (sulfide) groups is 1. The summed E-state index contributed by atoms with van der Waals surface area (Å²) in [4.78, 5) is 42.4. The van der Waals surface area contributed by atoms with Crippen LogP contribution in [0.2, 0.25) is 0 Å². The molecule has 0 saturated carbocycles. The molecule has 2 aliphatic heterocycles. The fourth-order valence-corrected chi connectivity index (χ4v) is 5.68. The van der Waals surface area contributed by atoms with Gasteiger partial charge in [-0.05, 0) is 6.07 Å². The van der Waals surface area contributed by atoms with Crippen LogP contribution in [0.5, 0.6) is 0 Å². The predicted molar refractivity (Wildman–Crippen MR) is 117 cm³/mol. The Balaban J connectivity index is 1.37. The summed E-state index contributed by atoms with van der Waals surface area (Å²) in [6.45, 7) is 0.253. The standard InChI is InChI=1S/C19H16N8O5S2/c20-19-22-14(24-34-19)11(23-32)15(28)21-12-16(29)27-13(18(30)31)9(8-33-17(12)27)7-26-6-5-25-4-2-1-3-10(25)26/h1-6,12,17H,7-8H2,(H4-,20,21,22,24,28,30,31,32)/t12-,17-/m1/s1. The minimum absolute atomic E-state index is 0.0721. The number of hydrogen-bond donors (Lipinski definition) is 3. The highest BCUT2D eigenvalue weighted by atomic mass is 32.2. The van der Waals surface area contributed by atoms with E-state index in [1.165, 1.54) is 11.8 Å². The summed E-state index contributed by atoms with van der Waals surface area (Å²) in [5.41, 5.74) is 6.16. The van der Waals surface area contributed by atoms with Gasteiger partial charge in [-0.2, -0.15) is 9.36 Å². The number of carbonyl (C=O) groups is 3. The first-order chi connectivity index (χ1) is 16.4. The van der Waals surface area contributed by atoms with Crippen LogP contribution in [-0.4, -0.2) is 64.5 Å². The maximum absolute atomic E-state index is 12.9. The Morgan fingerprint density at radius 2 is 2.21 bits per heavy atom. The van der Waals surface area contributed by atoms with Gasteiger partial charge < -0.3 is 26.2 Å². The number of imidazole rings is 1. The van der Waals surface area contributed by atoms with Crippen molar-refractivity contribution >= 4 is 57.6 Å². The summed E-state index contributed by atoms with van der Waals surface area (Å²) in [6, 6.07) is 4.62. The molecule has 15 heteroatoms. The smallest absolute Gasteiger partial charge is 0.286 e. The van der Waals surface area contributed by atoms with Crippen molar-refractivity contribution in [1.29, 1.82) is 0 Å². The van der Waals surface area contributed by atoms with Crippen LogP contribution in [0.4, 0.5) is 5.13 Å². The number of pyridine rings is 1.